The molecular formula is C13H18BrFO. The van der Waals surface area contributed by atoms with Gasteiger partial charge in [-0.3, -0.25) is 0 Å². The van der Waals surface area contributed by atoms with Crippen LogP contribution in [0.3, 0.4) is 0 Å². The van der Waals surface area contributed by atoms with Crippen molar-refractivity contribution in [1.82, 2.24) is 0 Å². The predicted octanol–water partition coefficient (Wildman–Crippen LogP) is 3.81. The maximum Gasteiger partial charge on any atom is 0.123 e. The Labute approximate surface area is 105 Å². The van der Waals surface area contributed by atoms with Crippen LogP contribution in [-0.4, -0.2) is 18.5 Å². The van der Waals surface area contributed by atoms with Gasteiger partial charge in [-0.25, -0.2) is 4.39 Å². The fraction of sp³-hybridized carbons (Fsp3) is 0.538. The molecule has 0 aliphatic heterocycles. The van der Waals surface area contributed by atoms with E-state index in [2.05, 4.69) is 15.9 Å². The first-order chi connectivity index (χ1) is 7.76. The summed E-state index contributed by atoms with van der Waals surface area (Å²) in [7, 11) is 0. The molecule has 0 saturated heterocycles. The lowest BCUT2D eigenvalue weighted by Gasteiger charge is -2.13. The molecule has 1 nitrogen and oxygen atoms in total. The first-order valence-electron chi connectivity index (χ1n) is 5.64. The minimum absolute atomic E-state index is 0.157. The van der Waals surface area contributed by atoms with E-state index in [-0.39, 0.29) is 5.82 Å². The standard InChI is InChI=1S/C13H18BrFO/c1-2-16-7-6-12(10-14)8-11-4-3-5-13(15)9-11/h3-5,9,12H,2,6-8,10H2,1H3. The summed E-state index contributed by atoms with van der Waals surface area (Å²) in [5, 5.41) is 0.927. The summed E-state index contributed by atoms with van der Waals surface area (Å²) in [4.78, 5) is 0. The Balaban J connectivity index is 2.43. The first kappa shape index (κ1) is 13.7. The van der Waals surface area contributed by atoms with Gasteiger partial charge in [0.25, 0.3) is 0 Å². The molecule has 3 heteroatoms. The van der Waals surface area contributed by atoms with Gasteiger partial charge in [-0.05, 0) is 43.4 Å². The van der Waals surface area contributed by atoms with Crippen molar-refractivity contribution in [2.75, 3.05) is 18.5 Å². The maximum absolute atomic E-state index is 13.0. The minimum Gasteiger partial charge on any atom is -0.382 e. The van der Waals surface area contributed by atoms with E-state index < -0.39 is 0 Å². The number of benzene rings is 1. The molecular weight excluding hydrogens is 271 g/mol. The van der Waals surface area contributed by atoms with Gasteiger partial charge in [0.1, 0.15) is 5.82 Å². The number of hydrogen-bond donors (Lipinski definition) is 0. The lowest BCUT2D eigenvalue weighted by Crippen LogP contribution is -2.10. The van der Waals surface area contributed by atoms with E-state index in [9.17, 15) is 4.39 Å². The fourth-order valence-corrected chi connectivity index (χ4v) is 2.18. The zero-order valence-corrected chi connectivity index (χ0v) is 11.2. The molecule has 0 radical (unpaired) electrons. The van der Waals surface area contributed by atoms with Crippen LogP contribution in [0.25, 0.3) is 0 Å². The van der Waals surface area contributed by atoms with Crippen molar-refractivity contribution in [3.63, 3.8) is 0 Å². The first-order valence-corrected chi connectivity index (χ1v) is 6.76. The molecule has 0 aliphatic carbocycles. The Morgan fingerprint density at radius 3 is 2.88 bits per heavy atom. The van der Waals surface area contributed by atoms with Gasteiger partial charge in [0.2, 0.25) is 0 Å². The Kier molecular flexibility index (Phi) is 6.65. The average molecular weight is 289 g/mol. The van der Waals surface area contributed by atoms with Gasteiger partial charge in [-0.2, -0.15) is 0 Å². The van der Waals surface area contributed by atoms with E-state index in [1.54, 1.807) is 12.1 Å². The van der Waals surface area contributed by atoms with Gasteiger partial charge in [-0.15, -0.1) is 0 Å². The second-order valence-electron chi connectivity index (χ2n) is 3.84. The zero-order chi connectivity index (χ0) is 11.8. The van der Waals surface area contributed by atoms with Crippen LogP contribution in [0.5, 0.6) is 0 Å². The highest BCUT2D eigenvalue weighted by Crippen LogP contribution is 2.15. The summed E-state index contributed by atoms with van der Waals surface area (Å²) < 4.78 is 18.3. The van der Waals surface area contributed by atoms with Crippen LogP contribution < -0.4 is 0 Å². The van der Waals surface area contributed by atoms with Gasteiger partial charge in [0.15, 0.2) is 0 Å². The number of ether oxygens (including phenoxy) is 1. The SMILES string of the molecule is CCOCCC(CBr)Cc1cccc(F)c1. The van der Waals surface area contributed by atoms with E-state index in [1.165, 1.54) is 6.07 Å². The lowest BCUT2D eigenvalue weighted by atomic mass is 9.98. The molecule has 0 fully saturated rings. The highest BCUT2D eigenvalue weighted by Gasteiger charge is 2.08. The molecule has 0 aromatic heterocycles. The van der Waals surface area contributed by atoms with Gasteiger partial charge in [0, 0.05) is 18.5 Å². The summed E-state index contributed by atoms with van der Waals surface area (Å²) >= 11 is 3.49. The molecule has 1 atom stereocenters. The Morgan fingerprint density at radius 1 is 1.44 bits per heavy atom. The van der Waals surface area contributed by atoms with Crippen LogP contribution >= 0.6 is 15.9 Å². The fourth-order valence-electron chi connectivity index (χ4n) is 1.63. The largest absolute Gasteiger partial charge is 0.382 e. The molecule has 0 amide bonds. The Bertz CT molecular complexity index is 304. The molecule has 1 unspecified atom stereocenters. The third-order valence-corrected chi connectivity index (χ3v) is 3.42. The Hall–Kier alpha value is -0.410. The number of rotatable bonds is 7. The summed E-state index contributed by atoms with van der Waals surface area (Å²) in [6.45, 7) is 3.53. The zero-order valence-electron chi connectivity index (χ0n) is 9.59. The molecule has 0 N–H and O–H groups in total. The van der Waals surface area contributed by atoms with Gasteiger partial charge in [-0.1, -0.05) is 28.1 Å². The molecule has 90 valence electrons. The molecule has 0 aliphatic rings. The third-order valence-electron chi connectivity index (χ3n) is 2.51. The predicted molar refractivity (Wildman–Crippen MR) is 68.5 cm³/mol. The molecule has 1 aromatic rings. The summed E-state index contributed by atoms with van der Waals surface area (Å²) in [6.07, 6.45) is 1.91. The molecule has 0 spiro atoms. The molecule has 16 heavy (non-hydrogen) atoms. The van der Waals surface area contributed by atoms with Crippen molar-refractivity contribution in [3.05, 3.63) is 35.6 Å². The smallest absolute Gasteiger partial charge is 0.123 e. The topological polar surface area (TPSA) is 9.23 Å². The molecule has 0 saturated carbocycles. The highest BCUT2D eigenvalue weighted by atomic mass is 79.9. The molecule has 0 heterocycles. The van der Waals surface area contributed by atoms with Crippen molar-refractivity contribution in [2.24, 2.45) is 5.92 Å². The van der Waals surface area contributed by atoms with Crippen LogP contribution in [0.4, 0.5) is 4.39 Å². The van der Waals surface area contributed by atoms with E-state index >= 15 is 0 Å². The van der Waals surface area contributed by atoms with Crippen molar-refractivity contribution >= 4 is 15.9 Å². The highest BCUT2D eigenvalue weighted by molar-refractivity contribution is 9.09. The van der Waals surface area contributed by atoms with Crippen LogP contribution in [0, 0.1) is 11.7 Å². The van der Waals surface area contributed by atoms with Crippen LogP contribution in [-0.2, 0) is 11.2 Å². The average Bonchev–Trinajstić information content (AvgIpc) is 2.28. The monoisotopic (exact) mass is 288 g/mol. The van der Waals surface area contributed by atoms with E-state index in [4.69, 9.17) is 4.74 Å². The lowest BCUT2D eigenvalue weighted by molar-refractivity contribution is 0.134. The quantitative estimate of drug-likeness (QED) is 0.548. The second-order valence-corrected chi connectivity index (χ2v) is 4.49. The van der Waals surface area contributed by atoms with E-state index in [0.29, 0.717) is 5.92 Å². The van der Waals surface area contributed by atoms with Crippen molar-refractivity contribution < 1.29 is 9.13 Å². The third kappa shape index (κ3) is 5.08. The van der Waals surface area contributed by atoms with Gasteiger partial charge >= 0.3 is 0 Å². The van der Waals surface area contributed by atoms with Crippen molar-refractivity contribution in [1.29, 1.82) is 0 Å². The summed E-state index contributed by atoms with van der Waals surface area (Å²) in [6, 6.07) is 6.82. The molecule has 0 bridgehead atoms. The maximum atomic E-state index is 13.0. The van der Waals surface area contributed by atoms with Crippen molar-refractivity contribution in [3.8, 4) is 0 Å². The van der Waals surface area contributed by atoms with Gasteiger partial charge < -0.3 is 4.74 Å². The second kappa shape index (κ2) is 7.80. The molecule has 1 aromatic carbocycles. The Morgan fingerprint density at radius 2 is 2.25 bits per heavy atom. The van der Waals surface area contributed by atoms with E-state index in [0.717, 1.165) is 36.9 Å². The van der Waals surface area contributed by atoms with Crippen LogP contribution in [0.15, 0.2) is 24.3 Å². The van der Waals surface area contributed by atoms with Gasteiger partial charge in [0.05, 0.1) is 0 Å². The minimum atomic E-state index is -0.157. The van der Waals surface area contributed by atoms with Crippen LogP contribution in [0.2, 0.25) is 0 Å². The van der Waals surface area contributed by atoms with Crippen molar-refractivity contribution in [2.45, 2.75) is 19.8 Å². The van der Waals surface area contributed by atoms with Crippen LogP contribution in [0.1, 0.15) is 18.9 Å². The number of hydrogen-bond acceptors (Lipinski definition) is 1. The normalized spacial score (nSPS) is 12.7. The molecule has 1 rings (SSSR count). The number of alkyl halides is 1. The van der Waals surface area contributed by atoms with E-state index in [1.807, 2.05) is 13.0 Å². The number of halogens is 2. The summed E-state index contributed by atoms with van der Waals surface area (Å²) in [5.41, 5.74) is 1.06. The summed E-state index contributed by atoms with van der Waals surface area (Å²) in [5.74, 6) is 0.351.